The lowest BCUT2D eigenvalue weighted by atomic mass is 10.1. The van der Waals surface area contributed by atoms with Crippen molar-refractivity contribution in [3.05, 3.63) is 59.2 Å². The van der Waals surface area contributed by atoms with Crippen LogP contribution in [0.4, 0.5) is 8.78 Å². The molecule has 0 N–H and O–H groups in total. The van der Waals surface area contributed by atoms with Crippen LogP contribution in [0.15, 0.2) is 36.4 Å². The summed E-state index contributed by atoms with van der Waals surface area (Å²) in [6.07, 6.45) is 2.36. The first-order chi connectivity index (χ1) is 11.5. The van der Waals surface area contributed by atoms with Gasteiger partial charge in [-0.15, -0.1) is 0 Å². The van der Waals surface area contributed by atoms with Crippen molar-refractivity contribution in [1.82, 2.24) is 0 Å². The molecule has 0 aliphatic heterocycles. The molecule has 0 saturated carbocycles. The molecule has 0 heterocycles. The molecule has 0 aliphatic carbocycles. The van der Waals surface area contributed by atoms with Gasteiger partial charge >= 0.3 is 0 Å². The van der Waals surface area contributed by atoms with Crippen LogP contribution in [-0.2, 0) is 0 Å². The minimum Gasteiger partial charge on any atom is -0.493 e. The topological polar surface area (TPSA) is 44.8 Å². The third kappa shape index (κ3) is 3.71. The molecule has 2 aromatic rings. The van der Waals surface area contributed by atoms with Crippen molar-refractivity contribution < 1.29 is 27.8 Å². The first-order valence-corrected chi connectivity index (χ1v) is 6.97. The van der Waals surface area contributed by atoms with Crippen LogP contribution >= 0.6 is 0 Å². The molecule has 0 fully saturated rings. The fourth-order valence-electron chi connectivity index (χ4n) is 2.13. The Morgan fingerprint density at radius 1 is 0.958 bits per heavy atom. The van der Waals surface area contributed by atoms with E-state index in [2.05, 4.69) is 0 Å². The molecule has 0 radical (unpaired) electrons. The summed E-state index contributed by atoms with van der Waals surface area (Å²) in [6, 6.07) is 5.98. The van der Waals surface area contributed by atoms with Gasteiger partial charge in [-0.05, 0) is 42.5 Å². The predicted octanol–water partition coefficient (Wildman–Crippen LogP) is 3.89. The molecular formula is C18H16F2O4. The van der Waals surface area contributed by atoms with Gasteiger partial charge in [0.1, 0.15) is 11.6 Å². The number of hydrogen-bond acceptors (Lipinski definition) is 4. The van der Waals surface area contributed by atoms with E-state index in [-0.39, 0.29) is 11.1 Å². The summed E-state index contributed by atoms with van der Waals surface area (Å²) in [7, 11) is 4.32. The average Bonchev–Trinajstić information content (AvgIpc) is 2.60. The zero-order chi connectivity index (χ0) is 17.7. The van der Waals surface area contributed by atoms with Crippen LogP contribution in [0.2, 0.25) is 0 Å². The highest BCUT2D eigenvalue weighted by molar-refractivity contribution is 6.07. The molecule has 2 aromatic carbocycles. The van der Waals surface area contributed by atoms with E-state index in [9.17, 15) is 13.6 Å². The maximum absolute atomic E-state index is 13.6. The number of hydrogen-bond donors (Lipinski definition) is 0. The lowest BCUT2D eigenvalue weighted by Gasteiger charge is -2.13. The lowest BCUT2D eigenvalue weighted by molar-refractivity contribution is 0.104. The molecule has 6 heteroatoms. The van der Waals surface area contributed by atoms with E-state index >= 15 is 0 Å². The van der Waals surface area contributed by atoms with E-state index < -0.39 is 17.4 Å². The van der Waals surface area contributed by atoms with Crippen molar-refractivity contribution in [2.75, 3.05) is 21.3 Å². The van der Waals surface area contributed by atoms with Crippen LogP contribution in [0.25, 0.3) is 6.08 Å². The molecule has 0 atom stereocenters. The highest BCUT2D eigenvalue weighted by Gasteiger charge is 2.15. The highest BCUT2D eigenvalue weighted by atomic mass is 19.1. The zero-order valence-corrected chi connectivity index (χ0v) is 13.4. The monoisotopic (exact) mass is 334 g/mol. The SMILES string of the molecule is COc1cc(C(=O)/C=C/c2cc(F)ccc2F)cc(OC)c1OC. The quantitative estimate of drug-likeness (QED) is 0.594. The third-order valence-electron chi connectivity index (χ3n) is 3.32. The van der Waals surface area contributed by atoms with E-state index in [1.54, 1.807) is 0 Å². The Morgan fingerprint density at radius 2 is 1.58 bits per heavy atom. The van der Waals surface area contributed by atoms with Gasteiger partial charge < -0.3 is 14.2 Å². The van der Waals surface area contributed by atoms with Gasteiger partial charge in [-0.3, -0.25) is 4.79 Å². The molecule has 0 saturated heterocycles. The van der Waals surface area contributed by atoms with Crippen LogP contribution in [0.5, 0.6) is 17.2 Å². The minimum atomic E-state index is -0.620. The summed E-state index contributed by atoms with van der Waals surface area (Å²) < 4.78 is 42.2. The second kappa shape index (κ2) is 7.59. The van der Waals surface area contributed by atoms with Gasteiger partial charge in [0.15, 0.2) is 17.3 Å². The second-order valence-corrected chi connectivity index (χ2v) is 4.78. The Kier molecular flexibility index (Phi) is 5.52. The summed E-state index contributed by atoms with van der Waals surface area (Å²) >= 11 is 0. The van der Waals surface area contributed by atoms with E-state index in [0.717, 1.165) is 24.3 Å². The predicted molar refractivity (Wildman–Crippen MR) is 85.8 cm³/mol. The average molecular weight is 334 g/mol. The fraction of sp³-hybridized carbons (Fsp3) is 0.167. The Balaban J connectivity index is 2.36. The maximum atomic E-state index is 13.6. The molecule has 24 heavy (non-hydrogen) atoms. The molecule has 4 nitrogen and oxygen atoms in total. The van der Waals surface area contributed by atoms with Crippen molar-refractivity contribution in [3.63, 3.8) is 0 Å². The normalized spacial score (nSPS) is 10.7. The summed E-state index contributed by atoms with van der Waals surface area (Å²) in [5, 5.41) is 0. The van der Waals surface area contributed by atoms with Gasteiger partial charge in [0.05, 0.1) is 21.3 Å². The molecule has 2 rings (SSSR count). The van der Waals surface area contributed by atoms with E-state index in [0.29, 0.717) is 17.2 Å². The largest absolute Gasteiger partial charge is 0.493 e. The van der Waals surface area contributed by atoms with E-state index in [1.165, 1.54) is 39.5 Å². The zero-order valence-electron chi connectivity index (χ0n) is 13.4. The van der Waals surface area contributed by atoms with Crippen LogP contribution in [0.3, 0.4) is 0 Å². The van der Waals surface area contributed by atoms with Crippen molar-refractivity contribution >= 4 is 11.9 Å². The molecule has 0 amide bonds. The van der Waals surface area contributed by atoms with Crippen molar-refractivity contribution in [2.24, 2.45) is 0 Å². The molecule has 126 valence electrons. The van der Waals surface area contributed by atoms with E-state index in [1.807, 2.05) is 0 Å². The Hall–Kier alpha value is -2.89. The van der Waals surface area contributed by atoms with Gasteiger partial charge in [0.2, 0.25) is 5.75 Å². The van der Waals surface area contributed by atoms with Gasteiger partial charge in [-0.2, -0.15) is 0 Å². The summed E-state index contributed by atoms with van der Waals surface area (Å²) in [6.45, 7) is 0. The number of carbonyl (C=O) groups excluding carboxylic acids is 1. The van der Waals surface area contributed by atoms with Gasteiger partial charge in [-0.1, -0.05) is 0 Å². The Bertz CT molecular complexity index is 760. The molecule has 0 aliphatic rings. The van der Waals surface area contributed by atoms with Crippen LogP contribution in [-0.4, -0.2) is 27.1 Å². The second-order valence-electron chi connectivity index (χ2n) is 4.78. The van der Waals surface area contributed by atoms with Gasteiger partial charge in [0, 0.05) is 11.1 Å². The number of benzene rings is 2. The lowest BCUT2D eigenvalue weighted by Crippen LogP contribution is -2.00. The van der Waals surface area contributed by atoms with Crippen molar-refractivity contribution in [1.29, 1.82) is 0 Å². The molecule has 0 spiro atoms. The number of halogens is 2. The van der Waals surface area contributed by atoms with Gasteiger partial charge in [0.25, 0.3) is 0 Å². The molecule has 0 unspecified atom stereocenters. The number of ether oxygens (including phenoxy) is 3. The third-order valence-corrected chi connectivity index (χ3v) is 3.32. The Labute approximate surface area is 138 Å². The van der Waals surface area contributed by atoms with Crippen LogP contribution in [0, 0.1) is 11.6 Å². The molecule has 0 bridgehead atoms. The molecule has 0 aromatic heterocycles. The first-order valence-electron chi connectivity index (χ1n) is 6.97. The van der Waals surface area contributed by atoms with Crippen molar-refractivity contribution in [3.8, 4) is 17.2 Å². The summed E-state index contributed by atoms with van der Waals surface area (Å²) in [5.41, 5.74) is 0.244. The van der Waals surface area contributed by atoms with E-state index in [4.69, 9.17) is 14.2 Å². The number of ketones is 1. The number of rotatable bonds is 6. The highest BCUT2D eigenvalue weighted by Crippen LogP contribution is 2.38. The van der Waals surface area contributed by atoms with Crippen LogP contribution < -0.4 is 14.2 Å². The fourth-order valence-corrected chi connectivity index (χ4v) is 2.13. The standard InChI is InChI=1S/C18H16F2O4/c1-22-16-9-12(10-17(23-2)18(16)24-3)15(21)7-4-11-8-13(19)5-6-14(11)20/h4-10H,1-3H3/b7-4+. The smallest absolute Gasteiger partial charge is 0.203 e. The van der Waals surface area contributed by atoms with Gasteiger partial charge in [-0.25, -0.2) is 8.78 Å². The first kappa shape index (κ1) is 17.5. The number of methoxy groups -OCH3 is 3. The van der Waals surface area contributed by atoms with Crippen LogP contribution in [0.1, 0.15) is 15.9 Å². The molecular weight excluding hydrogens is 318 g/mol. The number of allylic oxidation sites excluding steroid dienone is 1. The minimum absolute atomic E-state index is 0.0178. The Morgan fingerprint density at radius 3 is 2.12 bits per heavy atom. The summed E-state index contributed by atoms with van der Waals surface area (Å²) in [5.74, 6) is -0.618. The maximum Gasteiger partial charge on any atom is 0.203 e. The summed E-state index contributed by atoms with van der Waals surface area (Å²) in [4.78, 5) is 12.3. The van der Waals surface area contributed by atoms with Crippen molar-refractivity contribution in [2.45, 2.75) is 0 Å². The number of carbonyl (C=O) groups is 1.